The van der Waals surface area contributed by atoms with E-state index in [4.69, 9.17) is 14.2 Å². The number of carbonyl (C=O) groups excluding carboxylic acids is 1. The molecule has 0 bridgehead atoms. The van der Waals surface area contributed by atoms with Crippen molar-refractivity contribution in [2.24, 2.45) is 0 Å². The van der Waals surface area contributed by atoms with E-state index in [0.29, 0.717) is 23.7 Å². The summed E-state index contributed by atoms with van der Waals surface area (Å²) in [5, 5.41) is 3.00. The number of piperidine rings is 1. The second kappa shape index (κ2) is 10.8. The van der Waals surface area contributed by atoms with Crippen LogP contribution in [0, 0.1) is 0 Å². The third-order valence-electron chi connectivity index (χ3n) is 6.23. The van der Waals surface area contributed by atoms with E-state index in [0.717, 1.165) is 38.4 Å². The molecule has 162 valence electrons. The van der Waals surface area contributed by atoms with Crippen LogP contribution in [0.4, 0.5) is 0 Å². The number of nitrogens with one attached hydrogen (secondary N) is 1. The molecule has 1 N–H and O–H groups in total. The number of hydrogen-bond acceptors (Lipinski definition) is 5. The molecule has 1 heterocycles. The van der Waals surface area contributed by atoms with Crippen molar-refractivity contribution >= 4 is 5.91 Å². The highest BCUT2D eigenvalue weighted by molar-refractivity contribution is 5.95. The fraction of sp³-hybridized carbons (Fsp3) is 0.696. The highest BCUT2D eigenvalue weighted by atomic mass is 16.5. The average Bonchev–Trinajstić information content (AvgIpc) is 3.29. The number of nitrogens with zero attached hydrogens (tertiary/aromatic N) is 1. The highest BCUT2D eigenvalue weighted by Crippen LogP contribution is 2.32. The molecule has 3 rings (SSSR count). The van der Waals surface area contributed by atoms with Crippen LogP contribution < -0.4 is 14.8 Å². The number of amides is 1. The molecule has 1 aromatic carbocycles. The Kier molecular flexibility index (Phi) is 8.19. The highest BCUT2D eigenvalue weighted by Gasteiger charge is 2.28. The Morgan fingerprint density at radius 3 is 2.48 bits per heavy atom. The average molecular weight is 405 g/mol. The molecule has 0 spiro atoms. The molecule has 6 heteroatoms. The van der Waals surface area contributed by atoms with Gasteiger partial charge in [0, 0.05) is 31.8 Å². The minimum atomic E-state index is -0.122. The first kappa shape index (κ1) is 21.9. The van der Waals surface area contributed by atoms with Crippen molar-refractivity contribution in [1.29, 1.82) is 0 Å². The number of carbonyl (C=O) groups is 1. The van der Waals surface area contributed by atoms with Crippen LogP contribution in [-0.2, 0) is 4.74 Å². The van der Waals surface area contributed by atoms with Crippen LogP contribution in [0.15, 0.2) is 18.2 Å². The largest absolute Gasteiger partial charge is 0.493 e. The summed E-state index contributed by atoms with van der Waals surface area (Å²) in [5.41, 5.74) is 0.569. The predicted octanol–water partition coefficient (Wildman–Crippen LogP) is 3.64. The quantitative estimate of drug-likeness (QED) is 0.681. The van der Waals surface area contributed by atoms with E-state index in [1.807, 2.05) is 13.0 Å². The van der Waals surface area contributed by atoms with Crippen molar-refractivity contribution in [1.82, 2.24) is 10.2 Å². The van der Waals surface area contributed by atoms with Crippen molar-refractivity contribution < 1.29 is 19.0 Å². The van der Waals surface area contributed by atoms with Crippen molar-refractivity contribution in [3.05, 3.63) is 23.8 Å². The summed E-state index contributed by atoms with van der Waals surface area (Å²) in [7, 11) is 3.26. The minimum absolute atomic E-state index is 0.000487. The van der Waals surface area contributed by atoms with Gasteiger partial charge in [0.25, 0.3) is 5.91 Å². The Morgan fingerprint density at radius 1 is 1.14 bits per heavy atom. The summed E-state index contributed by atoms with van der Waals surface area (Å²) in [6.45, 7) is 4.74. The Balaban J connectivity index is 1.57. The SMILES string of the molecule is CC[C@H](COC)NC(=O)c1ccc(OC2CCN(C3CCCC3)CC2)c(OC)c1. The summed E-state index contributed by atoms with van der Waals surface area (Å²) in [5.74, 6) is 1.20. The summed E-state index contributed by atoms with van der Waals surface area (Å²) in [6.07, 6.45) is 8.56. The molecule has 2 fully saturated rings. The molecule has 1 saturated heterocycles. The van der Waals surface area contributed by atoms with Crippen LogP contribution in [0.25, 0.3) is 0 Å². The van der Waals surface area contributed by atoms with Crippen LogP contribution in [0.2, 0.25) is 0 Å². The molecule has 1 aromatic rings. The Hall–Kier alpha value is -1.79. The molecule has 1 aliphatic carbocycles. The molecule has 1 aliphatic heterocycles. The molecule has 1 amide bonds. The second-order valence-electron chi connectivity index (χ2n) is 8.19. The summed E-state index contributed by atoms with van der Waals surface area (Å²) >= 11 is 0. The fourth-order valence-electron chi connectivity index (χ4n) is 4.45. The Bertz CT molecular complexity index is 652. The molecule has 1 saturated carbocycles. The van der Waals surface area contributed by atoms with Crippen molar-refractivity contribution in [3.63, 3.8) is 0 Å². The zero-order chi connectivity index (χ0) is 20.6. The van der Waals surface area contributed by atoms with Gasteiger partial charge in [-0.15, -0.1) is 0 Å². The molecule has 1 atom stereocenters. The fourth-order valence-corrected chi connectivity index (χ4v) is 4.45. The van der Waals surface area contributed by atoms with Crippen LogP contribution in [0.5, 0.6) is 11.5 Å². The number of methoxy groups -OCH3 is 2. The lowest BCUT2D eigenvalue weighted by atomic mass is 10.0. The molecule has 29 heavy (non-hydrogen) atoms. The van der Waals surface area contributed by atoms with Crippen LogP contribution in [0.3, 0.4) is 0 Å². The maximum atomic E-state index is 12.6. The zero-order valence-corrected chi connectivity index (χ0v) is 18.1. The smallest absolute Gasteiger partial charge is 0.251 e. The molecule has 2 aliphatic rings. The van der Waals surface area contributed by atoms with Gasteiger partial charge in [0.2, 0.25) is 0 Å². The van der Waals surface area contributed by atoms with Crippen LogP contribution in [-0.4, -0.2) is 62.9 Å². The Morgan fingerprint density at radius 2 is 1.86 bits per heavy atom. The van der Waals surface area contributed by atoms with Gasteiger partial charge in [0.1, 0.15) is 6.10 Å². The molecular formula is C23H36N2O4. The number of hydrogen-bond donors (Lipinski definition) is 1. The van der Waals surface area contributed by atoms with E-state index in [1.54, 1.807) is 26.4 Å². The monoisotopic (exact) mass is 404 g/mol. The van der Waals surface area contributed by atoms with Gasteiger partial charge in [-0.05, 0) is 50.3 Å². The summed E-state index contributed by atoms with van der Waals surface area (Å²) in [6, 6.07) is 6.21. The molecule has 6 nitrogen and oxygen atoms in total. The van der Waals surface area contributed by atoms with E-state index in [9.17, 15) is 4.79 Å². The number of likely N-dealkylation sites (tertiary alicyclic amines) is 1. The van der Waals surface area contributed by atoms with Crippen molar-refractivity contribution in [3.8, 4) is 11.5 Å². The number of ether oxygens (including phenoxy) is 3. The molecular weight excluding hydrogens is 368 g/mol. The van der Waals surface area contributed by atoms with E-state index in [2.05, 4.69) is 10.2 Å². The van der Waals surface area contributed by atoms with E-state index in [-0.39, 0.29) is 18.1 Å². The summed E-state index contributed by atoms with van der Waals surface area (Å²) in [4.78, 5) is 15.2. The first-order chi connectivity index (χ1) is 14.1. The predicted molar refractivity (Wildman–Crippen MR) is 114 cm³/mol. The Labute approximate surface area is 174 Å². The van der Waals surface area contributed by atoms with Gasteiger partial charge in [0.05, 0.1) is 19.8 Å². The van der Waals surface area contributed by atoms with Gasteiger partial charge in [-0.3, -0.25) is 4.79 Å². The standard InChI is InChI=1S/C23H36N2O4/c1-4-18(16-27-2)24-23(26)17-9-10-21(22(15-17)28-3)29-20-11-13-25(14-12-20)19-7-5-6-8-19/h9-10,15,18-20H,4-8,11-14,16H2,1-3H3,(H,24,26)/t18-/m1/s1. The minimum Gasteiger partial charge on any atom is -0.493 e. The van der Waals surface area contributed by atoms with Crippen LogP contribution in [0.1, 0.15) is 62.2 Å². The van der Waals surface area contributed by atoms with Gasteiger partial charge in [0.15, 0.2) is 11.5 Å². The molecule has 0 unspecified atom stereocenters. The maximum absolute atomic E-state index is 12.6. The van der Waals surface area contributed by atoms with Crippen LogP contribution >= 0.6 is 0 Å². The van der Waals surface area contributed by atoms with Gasteiger partial charge in [-0.2, -0.15) is 0 Å². The van der Waals surface area contributed by atoms with E-state index < -0.39 is 0 Å². The maximum Gasteiger partial charge on any atom is 0.251 e. The van der Waals surface area contributed by atoms with Gasteiger partial charge in [-0.1, -0.05) is 19.8 Å². The third kappa shape index (κ3) is 5.86. The van der Waals surface area contributed by atoms with Crippen molar-refractivity contribution in [2.45, 2.75) is 70.1 Å². The summed E-state index contributed by atoms with van der Waals surface area (Å²) < 4.78 is 16.9. The zero-order valence-electron chi connectivity index (χ0n) is 18.1. The first-order valence-electron chi connectivity index (χ1n) is 11.0. The van der Waals surface area contributed by atoms with Gasteiger partial charge in [-0.25, -0.2) is 0 Å². The molecule has 0 radical (unpaired) electrons. The van der Waals surface area contributed by atoms with E-state index in [1.165, 1.54) is 25.7 Å². The third-order valence-corrected chi connectivity index (χ3v) is 6.23. The van der Waals surface area contributed by atoms with Gasteiger partial charge >= 0.3 is 0 Å². The normalized spacial score (nSPS) is 19.8. The second-order valence-corrected chi connectivity index (χ2v) is 8.19. The lowest BCUT2D eigenvalue weighted by Crippen LogP contribution is -2.43. The molecule has 0 aromatic heterocycles. The van der Waals surface area contributed by atoms with Crippen molar-refractivity contribution in [2.75, 3.05) is 33.9 Å². The lowest BCUT2D eigenvalue weighted by Gasteiger charge is -2.36. The van der Waals surface area contributed by atoms with E-state index >= 15 is 0 Å². The lowest BCUT2D eigenvalue weighted by molar-refractivity contribution is 0.0750. The van der Waals surface area contributed by atoms with Gasteiger partial charge < -0.3 is 24.4 Å². The topological polar surface area (TPSA) is 60.0 Å². The number of benzene rings is 1. The first-order valence-corrected chi connectivity index (χ1v) is 11.0. The number of rotatable bonds is 9.